The maximum absolute atomic E-state index is 13.8. The normalized spacial score (nSPS) is 27.2. The Morgan fingerprint density at radius 1 is 1.18 bits per heavy atom. The van der Waals surface area contributed by atoms with Crippen LogP contribution >= 0.6 is 11.6 Å². The number of hydrogen-bond donors (Lipinski definition) is 1. The number of rotatable bonds is 3. The number of fused-ring (bicyclic) bond motifs is 2. The van der Waals surface area contributed by atoms with Crippen LogP contribution in [0.1, 0.15) is 12.8 Å². The number of aromatic nitrogens is 1. The van der Waals surface area contributed by atoms with Crippen molar-refractivity contribution in [1.29, 1.82) is 0 Å². The Kier molecular flexibility index (Phi) is 4.17. The standard InChI is InChI=1S/C20H20ClFN4O2/c21-16-3-1-12(8-17(16)22)24-6-5-18(20(24)28)25-10-14-7-13(25)11-26(14)19-4-2-15(27)9-23-19/h1-4,8-9,13-14,18,27H,5-7,10-11H2/t13-,14-,18?/m0/s1. The summed E-state index contributed by atoms with van der Waals surface area (Å²) in [5.74, 6) is 0.544. The first-order chi connectivity index (χ1) is 13.5. The van der Waals surface area contributed by atoms with Crippen molar-refractivity contribution in [2.45, 2.75) is 31.0 Å². The van der Waals surface area contributed by atoms with E-state index in [4.69, 9.17) is 11.6 Å². The number of carbonyl (C=O) groups excluding carboxylic acids is 1. The van der Waals surface area contributed by atoms with Gasteiger partial charge in [-0.15, -0.1) is 0 Å². The van der Waals surface area contributed by atoms with Crippen LogP contribution in [0.2, 0.25) is 5.02 Å². The number of piperazine rings is 1. The van der Waals surface area contributed by atoms with E-state index in [9.17, 15) is 14.3 Å². The molecule has 0 saturated carbocycles. The van der Waals surface area contributed by atoms with Crippen LogP contribution in [0.5, 0.6) is 5.75 Å². The molecule has 8 heteroatoms. The lowest BCUT2D eigenvalue weighted by atomic mass is 10.1. The van der Waals surface area contributed by atoms with Crippen LogP contribution in [0, 0.1) is 5.82 Å². The molecule has 1 aromatic carbocycles. The van der Waals surface area contributed by atoms with Gasteiger partial charge in [0, 0.05) is 37.4 Å². The number of aromatic hydroxyl groups is 1. The average molecular weight is 403 g/mol. The number of halogens is 2. The summed E-state index contributed by atoms with van der Waals surface area (Å²) in [6.45, 7) is 2.22. The largest absolute Gasteiger partial charge is 0.506 e. The van der Waals surface area contributed by atoms with E-state index in [-0.39, 0.29) is 22.7 Å². The summed E-state index contributed by atoms with van der Waals surface area (Å²) >= 11 is 5.76. The third kappa shape index (κ3) is 2.81. The Hall–Kier alpha value is -2.38. The maximum Gasteiger partial charge on any atom is 0.244 e. The molecule has 5 rings (SSSR count). The van der Waals surface area contributed by atoms with E-state index in [1.54, 1.807) is 17.0 Å². The molecule has 2 bridgehead atoms. The summed E-state index contributed by atoms with van der Waals surface area (Å²) in [5.41, 5.74) is 0.564. The number of benzene rings is 1. The molecule has 4 heterocycles. The molecule has 1 amide bonds. The summed E-state index contributed by atoms with van der Waals surface area (Å²) in [4.78, 5) is 23.6. The van der Waals surface area contributed by atoms with Gasteiger partial charge in [0.1, 0.15) is 17.4 Å². The molecule has 1 N–H and O–H groups in total. The van der Waals surface area contributed by atoms with Crippen LogP contribution in [0.15, 0.2) is 36.5 Å². The fraction of sp³-hybridized carbons (Fsp3) is 0.400. The summed E-state index contributed by atoms with van der Waals surface area (Å²) in [6, 6.07) is 8.45. The van der Waals surface area contributed by atoms with Crippen molar-refractivity contribution in [2.24, 2.45) is 0 Å². The highest BCUT2D eigenvalue weighted by molar-refractivity contribution is 6.30. The zero-order valence-corrected chi connectivity index (χ0v) is 15.9. The Morgan fingerprint density at radius 2 is 2.04 bits per heavy atom. The van der Waals surface area contributed by atoms with Crippen molar-refractivity contribution in [3.63, 3.8) is 0 Å². The fourth-order valence-electron chi connectivity index (χ4n) is 4.79. The minimum absolute atomic E-state index is 0.0311. The predicted octanol–water partition coefficient (Wildman–Crippen LogP) is 2.65. The monoisotopic (exact) mass is 402 g/mol. The zero-order valence-electron chi connectivity index (χ0n) is 15.1. The van der Waals surface area contributed by atoms with Gasteiger partial charge in [0.25, 0.3) is 0 Å². The van der Waals surface area contributed by atoms with Gasteiger partial charge >= 0.3 is 0 Å². The molecule has 146 valence electrons. The lowest BCUT2D eigenvalue weighted by Gasteiger charge is -2.37. The summed E-state index contributed by atoms with van der Waals surface area (Å²) in [7, 11) is 0. The first-order valence-electron chi connectivity index (χ1n) is 9.45. The molecule has 3 aliphatic rings. The molecular weight excluding hydrogens is 383 g/mol. The van der Waals surface area contributed by atoms with Gasteiger partial charge < -0.3 is 14.9 Å². The smallest absolute Gasteiger partial charge is 0.244 e. The van der Waals surface area contributed by atoms with E-state index in [1.807, 2.05) is 6.07 Å². The number of anilines is 2. The molecule has 3 atom stereocenters. The fourth-order valence-corrected chi connectivity index (χ4v) is 4.91. The van der Waals surface area contributed by atoms with Crippen LogP contribution in [0.25, 0.3) is 0 Å². The van der Waals surface area contributed by atoms with Gasteiger partial charge in [-0.1, -0.05) is 11.6 Å². The third-order valence-corrected chi connectivity index (χ3v) is 6.41. The second kappa shape index (κ2) is 6.60. The van der Waals surface area contributed by atoms with Crippen molar-refractivity contribution in [2.75, 3.05) is 29.4 Å². The minimum atomic E-state index is -0.507. The lowest BCUT2D eigenvalue weighted by molar-refractivity contribution is -0.122. The molecule has 0 aliphatic carbocycles. The van der Waals surface area contributed by atoms with Gasteiger partial charge in [-0.05, 0) is 43.2 Å². The molecule has 3 saturated heterocycles. The number of amides is 1. The average Bonchev–Trinajstić information content (AvgIpc) is 3.38. The molecule has 2 aromatic rings. The van der Waals surface area contributed by atoms with Gasteiger partial charge in [-0.2, -0.15) is 0 Å². The summed E-state index contributed by atoms with van der Waals surface area (Å²) < 4.78 is 13.8. The van der Waals surface area contributed by atoms with Crippen molar-refractivity contribution in [3.05, 3.63) is 47.4 Å². The Bertz CT molecular complexity index is 925. The Morgan fingerprint density at radius 3 is 2.71 bits per heavy atom. The molecule has 28 heavy (non-hydrogen) atoms. The van der Waals surface area contributed by atoms with Gasteiger partial charge in [0.15, 0.2) is 0 Å². The van der Waals surface area contributed by atoms with Crippen LogP contribution in [0.4, 0.5) is 15.9 Å². The van der Waals surface area contributed by atoms with E-state index < -0.39 is 5.82 Å². The van der Waals surface area contributed by atoms with Crippen LogP contribution in [0.3, 0.4) is 0 Å². The Labute approximate surface area is 167 Å². The van der Waals surface area contributed by atoms with Crippen LogP contribution in [-0.2, 0) is 4.79 Å². The number of hydrogen-bond acceptors (Lipinski definition) is 5. The van der Waals surface area contributed by atoms with E-state index in [1.165, 1.54) is 18.3 Å². The van der Waals surface area contributed by atoms with Crippen molar-refractivity contribution < 1.29 is 14.3 Å². The molecule has 0 spiro atoms. The highest BCUT2D eigenvalue weighted by atomic mass is 35.5. The number of carbonyl (C=O) groups is 1. The van der Waals surface area contributed by atoms with E-state index in [0.717, 1.165) is 31.7 Å². The maximum atomic E-state index is 13.8. The van der Waals surface area contributed by atoms with Gasteiger partial charge in [0.05, 0.1) is 17.3 Å². The number of pyridine rings is 1. The van der Waals surface area contributed by atoms with Gasteiger partial charge in [0.2, 0.25) is 5.91 Å². The van der Waals surface area contributed by atoms with E-state index in [0.29, 0.717) is 24.3 Å². The summed E-state index contributed by atoms with van der Waals surface area (Å²) in [6.07, 6.45) is 3.20. The second-order valence-electron chi connectivity index (χ2n) is 7.66. The SMILES string of the molecule is O=C1C(N2C[C@@H]3C[C@H]2CN3c2ccc(O)cn2)CCN1c1ccc(Cl)c(F)c1. The second-order valence-corrected chi connectivity index (χ2v) is 8.07. The molecule has 1 aromatic heterocycles. The van der Waals surface area contributed by atoms with Crippen molar-refractivity contribution in [3.8, 4) is 5.75 Å². The van der Waals surface area contributed by atoms with Gasteiger partial charge in [-0.3, -0.25) is 9.69 Å². The topological polar surface area (TPSA) is 59.9 Å². The minimum Gasteiger partial charge on any atom is -0.506 e. The van der Waals surface area contributed by atoms with E-state index >= 15 is 0 Å². The number of nitrogens with zero attached hydrogens (tertiary/aromatic N) is 4. The lowest BCUT2D eigenvalue weighted by Crippen LogP contribution is -2.53. The highest BCUT2D eigenvalue weighted by Gasteiger charge is 2.49. The van der Waals surface area contributed by atoms with E-state index in [2.05, 4.69) is 14.8 Å². The summed E-state index contributed by atoms with van der Waals surface area (Å²) in [5, 5.41) is 9.50. The first kappa shape index (κ1) is 17.7. The molecule has 3 fully saturated rings. The molecule has 0 radical (unpaired) electrons. The van der Waals surface area contributed by atoms with Crippen molar-refractivity contribution in [1.82, 2.24) is 9.88 Å². The number of likely N-dealkylation sites (tertiary alicyclic amines) is 1. The first-order valence-corrected chi connectivity index (χ1v) is 9.83. The van der Waals surface area contributed by atoms with Crippen molar-refractivity contribution >= 4 is 29.0 Å². The predicted molar refractivity (Wildman–Crippen MR) is 104 cm³/mol. The molecule has 6 nitrogen and oxygen atoms in total. The Balaban J connectivity index is 1.29. The molecular formula is C20H20ClFN4O2. The zero-order chi connectivity index (χ0) is 19.4. The highest BCUT2D eigenvalue weighted by Crippen LogP contribution is 2.38. The molecule has 1 unspecified atom stereocenters. The third-order valence-electron chi connectivity index (χ3n) is 6.10. The van der Waals surface area contributed by atoms with Crippen LogP contribution in [-0.4, -0.2) is 58.7 Å². The quantitative estimate of drug-likeness (QED) is 0.855. The van der Waals surface area contributed by atoms with Crippen LogP contribution < -0.4 is 9.80 Å². The molecule has 3 aliphatic heterocycles. The van der Waals surface area contributed by atoms with Gasteiger partial charge in [-0.25, -0.2) is 9.37 Å².